The molecule has 0 atom stereocenters. The van der Waals surface area contributed by atoms with Crippen LogP contribution in [0.3, 0.4) is 0 Å². The SMILES string of the molecule is CCSc1nnc(NC(=O)c2ccc(CN3CCCC3)cc2)s1. The normalized spacial score (nSPS) is 15.0. The van der Waals surface area contributed by atoms with Crippen LogP contribution < -0.4 is 5.32 Å². The van der Waals surface area contributed by atoms with Crippen molar-refractivity contribution in [2.45, 2.75) is 30.6 Å². The summed E-state index contributed by atoms with van der Waals surface area (Å²) in [5.74, 6) is 0.808. The summed E-state index contributed by atoms with van der Waals surface area (Å²) in [5, 5.41) is 11.4. The molecule has 1 aliphatic rings. The number of hydrogen-bond acceptors (Lipinski definition) is 6. The average molecular weight is 348 g/mol. The second kappa shape index (κ2) is 7.90. The van der Waals surface area contributed by atoms with Crippen molar-refractivity contribution >= 4 is 34.1 Å². The molecule has 1 aromatic heterocycles. The van der Waals surface area contributed by atoms with Crippen LogP contribution in [0.15, 0.2) is 28.6 Å². The van der Waals surface area contributed by atoms with E-state index in [0.717, 1.165) is 16.6 Å². The Balaban J connectivity index is 1.58. The lowest BCUT2D eigenvalue weighted by Crippen LogP contribution is -2.18. The fourth-order valence-electron chi connectivity index (χ4n) is 2.57. The maximum Gasteiger partial charge on any atom is 0.257 e. The molecule has 1 aliphatic heterocycles. The summed E-state index contributed by atoms with van der Waals surface area (Å²) in [5.41, 5.74) is 1.90. The van der Waals surface area contributed by atoms with E-state index in [0.29, 0.717) is 10.7 Å². The van der Waals surface area contributed by atoms with Crippen LogP contribution in [0.25, 0.3) is 0 Å². The van der Waals surface area contributed by atoms with Crippen molar-refractivity contribution in [3.8, 4) is 0 Å². The van der Waals surface area contributed by atoms with E-state index in [1.165, 1.54) is 42.8 Å². The molecule has 122 valence electrons. The summed E-state index contributed by atoms with van der Waals surface area (Å²) in [6.45, 7) is 5.39. The molecule has 1 N–H and O–H groups in total. The van der Waals surface area contributed by atoms with Gasteiger partial charge in [0.1, 0.15) is 0 Å². The zero-order valence-electron chi connectivity index (χ0n) is 13.1. The van der Waals surface area contributed by atoms with Crippen LogP contribution in [0.2, 0.25) is 0 Å². The number of aromatic nitrogens is 2. The van der Waals surface area contributed by atoms with Gasteiger partial charge in [-0.25, -0.2) is 0 Å². The number of amides is 1. The summed E-state index contributed by atoms with van der Waals surface area (Å²) in [4.78, 5) is 14.7. The molecule has 1 amide bonds. The van der Waals surface area contributed by atoms with E-state index in [2.05, 4.69) is 27.3 Å². The first-order valence-corrected chi connectivity index (χ1v) is 9.64. The van der Waals surface area contributed by atoms with E-state index in [9.17, 15) is 4.79 Å². The highest BCUT2D eigenvalue weighted by molar-refractivity contribution is 8.01. The Hall–Kier alpha value is -1.44. The highest BCUT2D eigenvalue weighted by atomic mass is 32.2. The fraction of sp³-hybridized carbons (Fsp3) is 0.438. The number of nitrogens with zero attached hydrogens (tertiary/aromatic N) is 3. The predicted molar refractivity (Wildman–Crippen MR) is 95.2 cm³/mol. The van der Waals surface area contributed by atoms with Gasteiger partial charge >= 0.3 is 0 Å². The van der Waals surface area contributed by atoms with Crippen molar-refractivity contribution in [3.05, 3.63) is 35.4 Å². The number of likely N-dealkylation sites (tertiary alicyclic amines) is 1. The molecular weight excluding hydrogens is 328 g/mol. The fourth-order valence-corrected chi connectivity index (χ4v) is 4.22. The van der Waals surface area contributed by atoms with Gasteiger partial charge in [-0.05, 0) is 49.4 Å². The lowest BCUT2D eigenvalue weighted by molar-refractivity contribution is 0.102. The highest BCUT2D eigenvalue weighted by Crippen LogP contribution is 2.25. The van der Waals surface area contributed by atoms with Crippen LogP contribution in [0.5, 0.6) is 0 Å². The molecule has 0 radical (unpaired) electrons. The minimum atomic E-state index is -0.137. The van der Waals surface area contributed by atoms with Crippen molar-refractivity contribution in [1.82, 2.24) is 15.1 Å². The van der Waals surface area contributed by atoms with Crippen molar-refractivity contribution in [2.75, 3.05) is 24.2 Å². The molecule has 23 heavy (non-hydrogen) atoms. The third kappa shape index (κ3) is 4.53. The molecule has 2 aromatic rings. The zero-order chi connectivity index (χ0) is 16.1. The number of carbonyl (C=O) groups is 1. The van der Waals surface area contributed by atoms with E-state index < -0.39 is 0 Å². The minimum Gasteiger partial charge on any atom is -0.299 e. The second-order valence-electron chi connectivity index (χ2n) is 5.44. The molecule has 7 heteroatoms. The number of anilines is 1. The number of benzene rings is 1. The molecule has 0 spiro atoms. The van der Waals surface area contributed by atoms with Crippen LogP contribution in [-0.2, 0) is 6.54 Å². The standard InChI is InChI=1S/C16H20N4OS2/c1-2-22-16-19-18-15(23-16)17-14(21)13-7-5-12(6-8-13)11-20-9-3-4-10-20/h5-8H,2-4,9-11H2,1H3,(H,17,18,21). The molecule has 2 heterocycles. The van der Waals surface area contributed by atoms with Crippen molar-refractivity contribution in [1.29, 1.82) is 0 Å². The van der Waals surface area contributed by atoms with E-state index >= 15 is 0 Å². The summed E-state index contributed by atoms with van der Waals surface area (Å²) in [7, 11) is 0. The van der Waals surface area contributed by atoms with Gasteiger partial charge in [-0.15, -0.1) is 10.2 Å². The summed E-state index contributed by atoms with van der Waals surface area (Å²) in [6.07, 6.45) is 2.58. The average Bonchev–Trinajstić information content (AvgIpc) is 3.21. The van der Waals surface area contributed by atoms with Crippen LogP contribution >= 0.6 is 23.1 Å². The minimum absolute atomic E-state index is 0.137. The second-order valence-corrected chi connectivity index (χ2v) is 7.93. The number of thioether (sulfide) groups is 1. The Bertz CT molecular complexity index is 650. The summed E-state index contributed by atoms with van der Waals surface area (Å²) >= 11 is 3.03. The molecule has 0 aliphatic carbocycles. The predicted octanol–water partition coefficient (Wildman–Crippen LogP) is 3.50. The summed E-state index contributed by atoms with van der Waals surface area (Å²) in [6, 6.07) is 7.82. The van der Waals surface area contributed by atoms with E-state index in [-0.39, 0.29) is 5.91 Å². The van der Waals surface area contributed by atoms with Gasteiger partial charge in [-0.3, -0.25) is 15.0 Å². The molecule has 5 nitrogen and oxygen atoms in total. The number of rotatable bonds is 6. The Kier molecular flexibility index (Phi) is 5.64. The van der Waals surface area contributed by atoms with Crippen molar-refractivity contribution in [2.24, 2.45) is 0 Å². The first-order valence-electron chi connectivity index (χ1n) is 7.83. The van der Waals surface area contributed by atoms with Crippen molar-refractivity contribution in [3.63, 3.8) is 0 Å². The topological polar surface area (TPSA) is 58.1 Å². The van der Waals surface area contributed by atoms with Gasteiger partial charge in [-0.2, -0.15) is 0 Å². The zero-order valence-corrected chi connectivity index (χ0v) is 14.8. The first kappa shape index (κ1) is 16.4. The smallest absolute Gasteiger partial charge is 0.257 e. The maximum atomic E-state index is 12.2. The number of nitrogens with one attached hydrogen (secondary N) is 1. The van der Waals surface area contributed by atoms with Crippen LogP contribution in [-0.4, -0.2) is 39.8 Å². The Morgan fingerprint density at radius 1 is 1.26 bits per heavy atom. The molecule has 0 saturated carbocycles. The third-order valence-electron chi connectivity index (χ3n) is 3.72. The lowest BCUT2D eigenvalue weighted by Gasteiger charge is -2.14. The molecule has 1 aromatic carbocycles. The van der Waals surface area contributed by atoms with Gasteiger partial charge in [0.2, 0.25) is 5.13 Å². The quantitative estimate of drug-likeness (QED) is 0.639. The Morgan fingerprint density at radius 3 is 2.70 bits per heavy atom. The molecular formula is C16H20N4OS2. The molecule has 1 fully saturated rings. The largest absolute Gasteiger partial charge is 0.299 e. The van der Waals surface area contributed by atoms with Gasteiger partial charge < -0.3 is 0 Å². The Morgan fingerprint density at radius 2 is 2.00 bits per heavy atom. The Labute approximate surface area is 144 Å². The molecule has 3 rings (SSSR count). The monoisotopic (exact) mass is 348 g/mol. The molecule has 0 unspecified atom stereocenters. The number of hydrogen-bond donors (Lipinski definition) is 1. The van der Waals surface area contributed by atoms with Crippen molar-refractivity contribution < 1.29 is 4.79 Å². The third-order valence-corrected chi connectivity index (χ3v) is 5.57. The molecule has 1 saturated heterocycles. The van der Waals surface area contributed by atoms with Gasteiger partial charge in [0, 0.05) is 12.1 Å². The van der Waals surface area contributed by atoms with Crippen LogP contribution in [0, 0.1) is 0 Å². The van der Waals surface area contributed by atoms with Crippen LogP contribution in [0.4, 0.5) is 5.13 Å². The lowest BCUT2D eigenvalue weighted by atomic mass is 10.1. The van der Waals surface area contributed by atoms with E-state index in [1.54, 1.807) is 11.8 Å². The van der Waals surface area contributed by atoms with E-state index in [1.807, 2.05) is 24.3 Å². The number of carbonyl (C=O) groups excluding carboxylic acids is 1. The van der Waals surface area contributed by atoms with Crippen LogP contribution in [0.1, 0.15) is 35.7 Å². The van der Waals surface area contributed by atoms with Gasteiger partial charge in [0.25, 0.3) is 5.91 Å². The first-order chi connectivity index (χ1) is 11.2. The van der Waals surface area contributed by atoms with E-state index in [4.69, 9.17) is 0 Å². The molecule has 0 bridgehead atoms. The van der Waals surface area contributed by atoms with Gasteiger partial charge in [-0.1, -0.05) is 42.2 Å². The maximum absolute atomic E-state index is 12.2. The highest BCUT2D eigenvalue weighted by Gasteiger charge is 2.13. The van der Waals surface area contributed by atoms with Gasteiger partial charge in [0.05, 0.1) is 0 Å². The summed E-state index contributed by atoms with van der Waals surface area (Å²) < 4.78 is 0.878. The van der Waals surface area contributed by atoms with Gasteiger partial charge in [0.15, 0.2) is 4.34 Å².